The van der Waals surface area contributed by atoms with Crippen molar-refractivity contribution in [2.24, 2.45) is 5.73 Å². The summed E-state index contributed by atoms with van der Waals surface area (Å²) < 4.78 is 39.4. The van der Waals surface area contributed by atoms with Crippen LogP contribution in [0.1, 0.15) is 12.5 Å². The molecule has 0 saturated heterocycles. The largest absolute Gasteiger partial charge is 0.573 e. The van der Waals surface area contributed by atoms with Crippen LogP contribution in [0.5, 0.6) is 5.75 Å². The van der Waals surface area contributed by atoms with Gasteiger partial charge in [0, 0.05) is 6.42 Å². The van der Waals surface area contributed by atoms with E-state index in [0.29, 0.717) is 5.56 Å². The lowest BCUT2D eigenvalue weighted by Crippen LogP contribution is -2.46. The van der Waals surface area contributed by atoms with Gasteiger partial charge in [0.25, 0.3) is 0 Å². The summed E-state index contributed by atoms with van der Waals surface area (Å²) >= 11 is 0. The zero-order chi connectivity index (χ0) is 14.0. The van der Waals surface area contributed by atoms with Gasteiger partial charge >= 0.3 is 12.3 Å². The molecule has 0 spiro atoms. The molecule has 7 heteroatoms. The first-order valence-electron chi connectivity index (χ1n) is 4.97. The summed E-state index contributed by atoms with van der Waals surface area (Å²) in [6.07, 6.45) is -4.74. The molecule has 18 heavy (non-hydrogen) atoms. The second-order valence-corrected chi connectivity index (χ2v) is 4.09. The van der Waals surface area contributed by atoms with Crippen molar-refractivity contribution in [1.29, 1.82) is 0 Å². The number of carboxylic acid groups (broad SMARTS) is 1. The van der Waals surface area contributed by atoms with Crippen LogP contribution in [0.15, 0.2) is 24.3 Å². The van der Waals surface area contributed by atoms with Crippen LogP contribution >= 0.6 is 0 Å². The Labute approximate surface area is 101 Å². The summed E-state index contributed by atoms with van der Waals surface area (Å²) in [6, 6.07) is 4.91. The number of ether oxygens (including phenoxy) is 1. The van der Waals surface area contributed by atoms with Gasteiger partial charge in [-0.1, -0.05) is 12.1 Å². The van der Waals surface area contributed by atoms with Crippen LogP contribution in [0, 0.1) is 0 Å². The van der Waals surface area contributed by atoms with Gasteiger partial charge in [0.15, 0.2) is 0 Å². The maximum absolute atomic E-state index is 11.9. The molecule has 0 radical (unpaired) electrons. The number of carboxylic acids is 1. The Morgan fingerprint density at radius 3 is 2.22 bits per heavy atom. The van der Waals surface area contributed by atoms with Gasteiger partial charge in [-0.3, -0.25) is 4.79 Å². The van der Waals surface area contributed by atoms with E-state index in [2.05, 4.69) is 4.74 Å². The summed E-state index contributed by atoms with van der Waals surface area (Å²) in [5, 5.41) is 8.81. The number of nitrogens with two attached hydrogens (primary N) is 1. The highest BCUT2D eigenvalue weighted by Crippen LogP contribution is 2.23. The lowest BCUT2D eigenvalue weighted by Gasteiger charge is -2.19. The van der Waals surface area contributed by atoms with Gasteiger partial charge in [-0.25, -0.2) is 0 Å². The summed E-state index contributed by atoms with van der Waals surface area (Å²) in [4.78, 5) is 10.8. The van der Waals surface area contributed by atoms with Crippen LogP contribution in [-0.2, 0) is 11.2 Å². The van der Waals surface area contributed by atoms with Crippen molar-refractivity contribution in [3.8, 4) is 5.75 Å². The van der Waals surface area contributed by atoms with E-state index in [0.717, 1.165) is 12.1 Å². The molecule has 0 aliphatic heterocycles. The number of rotatable bonds is 4. The van der Waals surface area contributed by atoms with E-state index in [1.807, 2.05) is 0 Å². The van der Waals surface area contributed by atoms with Crippen LogP contribution in [-0.4, -0.2) is 23.0 Å². The number of halogens is 3. The fourth-order valence-corrected chi connectivity index (χ4v) is 1.31. The Bertz CT molecular complexity index is 426. The van der Waals surface area contributed by atoms with Crippen molar-refractivity contribution < 1.29 is 27.8 Å². The monoisotopic (exact) mass is 263 g/mol. The Morgan fingerprint density at radius 1 is 1.33 bits per heavy atom. The first-order chi connectivity index (χ1) is 8.10. The molecule has 0 amide bonds. The third kappa shape index (κ3) is 4.25. The standard InChI is InChI=1S/C11H12F3NO3/c1-10(15,9(16)17)6-7-2-4-8(5-3-7)18-11(12,13)14/h2-5H,6,15H2,1H3,(H,16,17)/t10-/m0/s1. The SMILES string of the molecule is C[C@](N)(Cc1ccc(OC(F)(F)F)cc1)C(=O)O. The summed E-state index contributed by atoms with van der Waals surface area (Å²) in [5.41, 5.74) is 4.57. The molecule has 3 N–H and O–H groups in total. The zero-order valence-corrected chi connectivity index (χ0v) is 9.49. The van der Waals surface area contributed by atoms with Gasteiger partial charge in [0.1, 0.15) is 11.3 Å². The van der Waals surface area contributed by atoms with Crippen molar-refractivity contribution in [1.82, 2.24) is 0 Å². The highest BCUT2D eigenvalue weighted by molar-refractivity contribution is 5.78. The van der Waals surface area contributed by atoms with Crippen LogP contribution in [0.25, 0.3) is 0 Å². The van der Waals surface area contributed by atoms with Gasteiger partial charge in [-0.15, -0.1) is 13.2 Å². The molecule has 100 valence electrons. The predicted octanol–water partition coefficient (Wildman–Crippen LogP) is 1.93. The molecule has 0 heterocycles. The topological polar surface area (TPSA) is 72.5 Å². The molecular weight excluding hydrogens is 251 g/mol. The second-order valence-electron chi connectivity index (χ2n) is 4.09. The summed E-state index contributed by atoms with van der Waals surface area (Å²) in [5.74, 6) is -1.54. The van der Waals surface area contributed by atoms with E-state index in [1.54, 1.807) is 0 Å². The van der Waals surface area contributed by atoms with Crippen molar-refractivity contribution in [2.45, 2.75) is 25.2 Å². The zero-order valence-electron chi connectivity index (χ0n) is 9.49. The van der Waals surface area contributed by atoms with E-state index in [9.17, 15) is 18.0 Å². The van der Waals surface area contributed by atoms with Crippen LogP contribution in [0.4, 0.5) is 13.2 Å². The van der Waals surface area contributed by atoms with E-state index in [1.165, 1.54) is 19.1 Å². The molecule has 1 aromatic rings. The van der Waals surface area contributed by atoms with Crippen molar-refractivity contribution in [3.05, 3.63) is 29.8 Å². The Kier molecular flexibility index (Phi) is 3.85. The molecule has 0 aromatic heterocycles. The molecular formula is C11H12F3NO3. The number of carbonyl (C=O) groups is 1. The van der Waals surface area contributed by atoms with E-state index in [-0.39, 0.29) is 12.2 Å². The number of benzene rings is 1. The smallest absolute Gasteiger partial charge is 0.480 e. The van der Waals surface area contributed by atoms with Gasteiger partial charge in [-0.2, -0.15) is 0 Å². The minimum atomic E-state index is -4.75. The molecule has 1 aromatic carbocycles. The maximum Gasteiger partial charge on any atom is 0.573 e. The van der Waals surface area contributed by atoms with E-state index < -0.39 is 17.9 Å². The number of hydrogen-bond donors (Lipinski definition) is 2. The molecule has 4 nitrogen and oxygen atoms in total. The molecule has 0 bridgehead atoms. The third-order valence-corrected chi connectivity index (χ3v) is 2.22. The highest BCUT2D eigenvalue weighted by Gasteiger charge is 2.31. The molecule has 0 aliphatic rings. The first-order valence-corrected chi connectivity index (χ1v) is 4.97. The van der Waals surface area contributed by atoms with Gasteiger partial charge in [0.2, 0.25) is 0 Å². The molecule has 1 rings (SSSR count). The molecule has 0 saturated carbocycles. The third-order valence-electron chi connectivity index (χ3n) is 2.22. The lowest BCUT2D eigenvalue weighted by molar-refractivity contribution is -0.274. The number of alkyl halides is 3. The minimum absolute atomic E-state index is 0.00856. The Balaban J connectivity index is 2.75. The summed E-state index contributed by atoms with van der Waals surface area (Å²) in [7, 11) is 0. The molecule has 1 atom stereocenters. The fourth-order valence-electron chi connectivity index (χ4n) is 1.31. The highest BCUT2D eigenvalue weighted by atomic mass is 19.4. The van der Waals surface area contributed by atoms with Gasteiger partial charge in [-0.05, 0) is 24.6 Å². The maximum atomic E-state index is 11.9. The average Bonchev–Trinajstić information content (AvgIpc) is 2.18. The van der Waals surface area contributed by atoms with Crippen molar-refractivity contribution >= 4 is 5.97 Å². The molecule has 0 fully saturated rings. The van der Waals surface area contributed by atoms with Gasteiger partial charge in [0.05, 0.1) is 0 Å². The molecule has 0 unspecified atom stereocenters. The Morgan fingerprint density at radius 2 is 1.83 bits per heavy atom. The van der Waals surface area contributed by atoms with Crippen LogP contribution in [0.3, 0.4) is 0 Å². The average molecular weight is 263 g/mol. The first kappa shape index (κ1) is 14.3. The quantitative estimate of drug-likeness (QED) is 0.870. The van der Waals surface area contributed by atoms with Crippen molar-refractivity contribution in [3.63, 3.8) is 0 Å². The number of aliphatic carboxylic acids is 1. The normalized spacial score (nSPS) is 14.9. The lowest BCUT2D eigenvalue weighted by atomic mass is 9.94. The van der Waals surface area contributed by atoms with Gasteiger partial charge < -0.3 is 15.6 Å². The summed E-state index contributed by atoms with van der Waals surface area (Å²) in [6.45, 7) is 1.33. The van der Waals surface area contributed by atoms with E-state index >= 15 is 0 Å². The molecule has 0 aliphatic carbocycles. The van der Waals surface area contributed by atoms with Crippen LogP contribution < -0.4 is 10.5 Å². The minimum Gasteiger partial charge on any atom is -0.480 e. The van der Waals surface area contributed by atoms with Crippen LogP contribution in [0.2, 0.25) is 0 Å². The second kappa shape index (κ2) is 4.85. The predicted molar refractivity (Wildman–Crippen MR) is 57.1 cm³/mol. The Hall–Kier alpha value is -1.76. The van der Waals surface area contributed by atoms with E-state index in [4.69, 9.17) is 10.8 Å². The number of hydrogen-bond acceptors (Lipinski definition) is 3. The fraction of sp³-hybridized carbons (Fsp3) is 0.364. The van der Waals surface area contributed by atoms with Crippen molar-refractivity contribution in [2.75, 3.05) is 0 Å².